The molecule has 2 aromatic rings. The molecule has 2 aromatic carbocycles. The van der Waals surface area contributed by atoms with Gasteiger partial charge < -0.3 is 10.2 Å². The number of nitrogens with zero attached hydrogens (tertiary/aromatic N) is 3. The van der Waals surface area contributed by atoms with Gasteiger partial charge in [-0.25, -0.2) is 4.79 Å². The predicted octanol–water partition coefficient (Wildman–Crippen LogP) is 5.34. The number of likely N-dealkylation sites (N-methyl/N-ethyl adjacent to an activating group) is 1. The Hall–Kier alpha value is -4.13. The van der Waals surface area contributed by atoms with Gasteiger partial charge >= 0.3 is 12.2 Å². The van der Waals surface area contributed by atoms with E-state index in [0.29, 0.717) is 11.5 Å². The van der Waals surface area contributed by atoms with Crippen LogP contribution in [-0.4, -0.2) is 35.2 Å². The van der Waals surface area contributed by atoms with E-state index in [1.807, 2.05) is 6.07 Å². The van der Waals surface area contributed by atoms with Gasteiger partial charge in [0.25, 0.3) is 5.91 Å². The Kier molecular flexibility index (Phi) is 5.86. The number of Topliss-reactive ketones (excluding diaryl/α,β-unsaturated/α-hetero) is 1. The Morgan fingerprint density at radius 2 is 1.82 bits per heavy atom. The first-order valence-corrected chi connectivity index (χ1v) is 12.2. The molecule has 10 heteroatoms. The molecule has 3 aliphatic carbocycles. The molecule has 3 amide bonds. The summed E-state index contributed by atoms with van der Waals surface area (Å²) in [7, 11) is 1.43. The average molecular weight is 523 g/mol. The topological polar surface area (TPSA) is 93.5 Å². The number of anilines is 1. The lowest BCUT2D eigenvalue weighted by atomic mass is 9.50. The van der Waals surface area contributed by atoms with Crippen molar-refractivity contribution in [3.05, 3.63) is 76.0 Å². The summed E-state index contributed by atoms with van der Waals surface area (Å²) in [5.74, 6) is -0.171. The first kappa shape index (κ1) is 25.5. The minimum atomic E-state index is -4.62. The molecule has 196 valence electrons. The second-order valence-electron chi connectivity index (χ2n) is 10.4. The molecule has 1 aliphatic heterocycles. The normalized spacial score (nSPS) is 24.4. The molecular formula is C28H25F3N4O3. The minimum Gasteiger partial charge on any atom is -0.347 e. The first-order chi connectivity index (χ1) is 17.8. The molecule has 0 aromatic heterocycles. The number of hydrogen-bond acceptors (Lipinski definition) is 4. The minimum absolute atomic E-state index is 0.0345. The van der Waals surface area contributed by atoms with E-state index in [2.05, 4.69) is 5.32 Å². The Balaban J connectivity index is 1.62. The maximum absolute atomic E-state index is 13.6. The summed E-state index contributed by atoms with van der Waals surface area (Å²) >= 11 is 0. The summed E-state index contributed by atoms with van der Waals surface area (Å²) in [5.41, 5.74) is -0.0940. The molecule has 7 nitrogen and oxygen atoms in total. The van der Waals surface area contributed by atoms with Crippen LogP contribution in [0.15, 0.2) is 53.7 Å². The Bertz CT molecular complexity index is 1440. The number of ketones is 1. The van der Waals surface area contributed by atoms with Crippen molar-refractivity contribution in [2.45, 2.75) is 50.9 Å². The van der Waals surface area contributed by atoms with Gasteiger partial charge in [-0.05, 0) is 74.9 Å². The molecule has 3 saturated carbocycles. The lowest BCUT2D eigenvalue weighted by molar-refractivity contribution is -0.137. The van der Waals surface area contributed by atoms with Crippen molar-refractivity contribution in [3.63, 3.8) is 0 Å². The standard InChI is InChI=1S/C28H25F3N4O3/c1-15-23(16(2)36)24(34(3)26(38)35(15)20-6-4-5-19(10-20)28(29,30)31)21-8-7-17(14-32)9-22(21)25(37)33-27-11-18(12-27)13-27/h4-10,18,24H,11-13H2,1-3H3,(H,33,37). The third-order valence-corrected chi connectivity index (χ3v) is 7.83. The molecule has 2 bridgehead atoms. The van der Waals surface area contributed by atoms with Crippen LogP contribution in [0.5, 0.6) is 0 Å². The average Bonchev–Trinajstić information content (AvgIpc) is 2.81. The zero-order chi connectivity index (χ0) is 27.6. The Labute approximate surface area is 217 Å². The summed E-state index contributed by atoms with van der Waals surface area (Å²) in [6, 6.07) is 9.22. The van der Waals surface area contributed by atoms with Crippen LogP contribution in [0.25, 0.3) is 0 Å². The highest BCUT2D eigenvalue weighted by atomic mass is 19.4. The van der Waals surface area contributed by atoms with E-state index in [0.717, 1.165) is 36.3 Å². The zero-order valence-electron chi connectivity index (χ0n) is 21.0. The maximum atomic E-state index is 13.6. The number of benzene rings is 2. The predicted molar refractivity (Wildman–Crippen MR) is 132 cm³/mol. The van der Waals surface area contributed by atoms with E-state index in [4.69, 9.17) is 0 Å². The van der Waals surface area contributed by atoms with Gasteiger partial charge in [-0.3, -0.25) is 14.5 Å². The van der Waals surface area contributed by atoms with E-state index in [1.54, 1.807) is 6.07 Å². The zero-order valence-corrected chi connectivity index (χ0v) is 21.0. The molecule has 1 unspecified atom stereocenters. The van der Waals surface area contributed by atoms with Crippen LogP contribution < -0.4 is 10.2 Å². The molecule has 0 saturated heterocycles. The van der Waals surface area contributed by atoms with Crippen LogP contribution >= 0.6 is 0 Å². The van der Waals surface area contributed by atoms with Crippen LogP contribution in [-0.2, 0) is 11.0 Å². The van der Waals surface area contributed by atoms with E-state index in [-0.39, 0.29) is 33.6 Å². The smallest absolute Gasteiger partial charge is 0.347 e. The number of nitrogens with one attached hydrogen (secondary N) is 1. The number of alkyl halides is 3. The fraction of sp³-hybridized carbons (Fsp3) is 0.357. The SMILES string of the molecule is CC(=O)C1=C(C)N(c2cccc(C(F)(F)F)c2)C(=O)N(C)C1c1ccc(C#N)cc1C(=O)NC12CC(C1)C2. The molecule has 1 atom stereocenters. The lowest BCUT2D eigenvalue weighted by Gasteiger charge is -2.61. The highest BCUT2D eigenvalue weighted by Gasteiger charge is 2.57. The van der Waals surface area contributed by atoms with Gasteiger partial charge in [0.1, 0.15) is 0 Å². The molecule has 3 fully saturated rings. The summed E-state index contributed by atoms with van der Waals surface area (Å²) in [6.45, 7) is 2.81. The molecule has 1 N–H and O–H groups in total. The van der Waals surface area contributed by atoms with Crippen LogP contribution in [0.3, 0.4) is 0 Å². The fourth-order valence-corrected chi connectivity index (χ4v) is 5.86. The number of carbonyl (C=O) groups is 3. The number of amides is 3. The molecule has 38 heavy (non-hydrogen) atoms. The number of halogens is 3. The molecule has 0 spiro atoms. The molecular weight excluding hydrogens is 497 g/mol. The monoisotopic (exact) mass is 522 g/mol. The Morgan fingerprint density at radius 1 is 1.13 bits per heavy atom. The van der Waals surface area contributed by atoms with Gasteiger partial charge in [0.05, 0.1) is 28.9 Å². The Morgan fingerprint density at radius 3 is 2.37 bits per heavy atom. The lowest BCUT2D eigenvalue weighted by Crippen LogP contribution is -2.68. The number of allylic oxidation sites excluding steroid dienone is 1. The van der Waals surface area contributed by atoms with Crippen LogP contribution in [0.4, 0.5) is 23.7 Å². The van der Waals surface area contributed by atoms with Crippen LogP contribution in [0.1, 0.15) is 66.2 Å². The fourth-order valence-electron chi connectivity index (χ4n) is 5.86. The number of urea groups is 1. The van der Waals surface area contributed by atoms with Gasteiger partial charge in [0, 0.05) is 29.4 Å². The van der Waals surface area contributed by atoms with Crippen molar-refractivity contribution in [3.8, 4) is 6.07 Å². The van der Waals surface area contributed by atoms with Crippen molar-refractivity contribution in [1.29, 1.82) is 5.26 Å². The second-order valence-corrected chi connectivity index (χ2v) is 10.4. The largest absolute Gasteiger partial charge is 0.416 e. The summed E-state index contributed by atoms with van der Waals surface area (Å²) in [5, 5.41) is 12.5. The van der Waals surface area contributed by atoms with Crippen LogP contribution in [0.2, 0.25) is 0 Å². The summed E-state index contributed by atoms with van der Waals surface area (Å²) < 4.78 is 40.2. The third-order valence-electron chi connectivity index (χ3n) is 7.83. The number of rotatable bonds is 5. The van der Waals surface area contributed by atoms with Gasteiger partial charge in [-0.2, -0.15) is 18.4 Å². The second kappa shape index (κ2) is 8.72. The quantitative estimate of drug-likeness (QED) is 0.574. The molecule has 6 rings (SSSR count). The third kappa shape index (κ3) is 4.02. The van der Waals surface area contributed by atoms with Crippen molar-refractivity contribution in [2.24, 2.45) is 5.92 Å². The summed E-state index contributed by atoms with van der Waals surface area (Å²) in [4.78, 5) is 42.4. The van der Waals surface area contributed by atoms with Crippen molar-refractivity contribution in [2.75, 3.05) is 11.9 Å². The molecule has 1 heterocycles. The molecule has 0 radical (unpaired) electrons. The van der Waals surface area contributed by atoms with E-state index < -0.39 is 35.5 Å². The number of carbonyl (C=O) groups excluding carboxylic acids is 3. The van der Waals surface area contributed by atoms with Crippen molar-refractivity contribution in [1.82, 2.24) is 10.2 Å². The first-order valence-electron chi connectivity index (χ1n) is 12.2. The summed E-state index contributed by atoms with van der Waals surface area (Å²) in [6.07, 6.45) is -1.91. The van der Waals surface area contributed by atoms with Crippen molar-refractivity contribution < 1.29 is 27.6 Å². The van der Waals surface area contributed by atoms with E-state index >= 15 is 0 Å². The van der Waals surface area contributed by atoms with Gasteiger partial charge in [-0.15, -0.1) is 0 Å². The molecule has 4 aliphatic rings. The van der Waals surface area contributed by atoms with Gasteiger partial charge in [0.2, 0.25) is 0 Å². The van der Waals surface area contributed by atoms with Gasteiger partial charge in [0.15, 0.2) is 5.78 Å². The maximum Gasteiger partial charge on any atom is 0.416 e. The van der Waals surface area contributed by atoms with Crippen molar-refractivity contribution >= 4 is 23.4 Å². The highest BCUT2D eigenvalue weighted by molar-refractivity contribution is 6.06. The van der Waals surface area contributed by atoms with Crippen LogP contribution in [0, 0.1) is 17.2 Å². The van der Waals surface area contributed by atoms with E-state index in [9.17, 15) is 32.8 Å². The van der Waals surface area contributed by atoms with E-state index in [1.165, 1.54) is 50.1 Å². The van der Waals surface area contributed by atoms with Gasteiger partial charge in [-0.1, -0.05) is 12.1 Å². The number of hydrogen-bond donors (Lipinski definition) is 1. The number of nitriles is 1. The highest BCUT2D eigenvalue weighted by Crippen LogP contribution is 2.57.